The molecule has 0 N–H and O–H groups in total. The highest BCUT2D eigenvalue weighted by Crippen LogP contribution is 2.17. The average Bonchev–Trinajstić information content (AvgIpc) is 2.47. The topological polar surface area (TPSA) is 77.2 Å². The molecule has 0 radical (unpaired) electrons. The number of carbonyl (C=O) groups excluding carboxylic acids is 1. The van der Waals surface area contributed by atoms with E-state index in [2.05, 4.69) is 15.1 Å². The van der Waals surface area contributed by atoms with Crippen molar-refractivity contribution in [3.63, 3.8) is 0 Å². The Bertz CT molecular complexity index is 462. The van der Waals surface area contributed by atoms with E-state index >= 15 is 0 Å². The summed E-state index contributed by atoms with van der Waals surface area (Å²) in [7, 11) is -1.28. The Kier molecular flexibility index (Phi) is 2.03. The molecule has 6 nitrogen and oxygen atoms in total. The molecule has 1 aliphatic rings. The van der Waals surface area contributed by atoms with E-state index < -0.39 is 10.8 Å². The van der Waals surface area contributed by atoms with Crippen LogP contribution in [-0.4, -0.2) is 36.8 Å². The van der Waals surface area contributed by atoms with Gasteiger partial charge in [-0.05, 0) is 6.92 Å². The minimum Gasteiger partial charge on any atom is -0.272 e. The predicted octanol–water partition coefficient (Wildman–Crippen LogP) is 0.152. The van der Waals surface area contributed by atoms with Crippen LogP contribution >= 0.6 is 0 Å². The van der Waals surface area contributed by atoms with Crippen molar-refractivity contribution in [3.05, 3.63) is 0 Å². The third-order valence-corrected chi connectivity index (χ3v) is 2.45. The Morgan fingerprint density at radius 3 is 2.86 bits per heavy atom. The minimum atomic E-state index is -1.28. The number of hydrogen-bond acceptors (Lipinski definition) is 5. The van der Waals surface area contributed by atoms with Gasteiger partial charge >= 0.3 is 0 Å². The van der Waals surface area contributed by atoms with Crippen molar-refractivity contribution in [2.75, 3.05) is 6.26 Å². The van der Waals surface area contributed by atoms with Crippen molar-refractivity contribution >= 4 is 28.4 Å². The maximum atomic E-state index is 11.4. The van der Waals surface area contributed by atoms with Gasteiger partial charge in [-0.2, -0.15) is 9.67 Å². The highest BCUT2D eigenvalue weighted by Gasteiger charge is 2.22. The lowest BCUT2D eigenvalue weighted by atomic mass is 10.2. The van der Waals surface area contributed by atoms with E-state index in [0.717, 1.165) is 4.68 Å². The Morgan fingerprint density at radius 1 is 1.50 bits per heavy atom. The first-order valence-electron chi connectivity index (χ1n) is 3.96. The first kappa shape index (κ1) is 9.20. The fourth-order valence-electron chi connectivity index (χ4n) is 1.15. The fraction of sp³-hybridized carbons (Fsp3) is 0.429. The van der Waals surface area contributed by atoms with Crippen LogP contribution in [0.1, 0.15) is 18.1 Å². The first-order valence-corrected chi connectivity index (χ1v) is 5.51. The molecule has 1 aliphatic heterocycles. The van der Waals surface area contributed by atoms with Gasteiger partial charge < -0.3 is 0 Å². The third-order valence-electron chi connectivity index (χ3n) is 1.76. The highest BCUT2D eigenvalue weighted by atomic mass is 32.2. The van der Waals surface area contributed by atoms with Crippen molar-refractivity contribution in [3.8, 4) is 0 Å². The molecule has 2 heterocycles. The molecule has 0 aromatic carbocycles. The van der Waals surface area contributed by atoms with Gasteiger partial charge in [0.2, 0.25) is 5.16 Å². The summed E-state index contributed by atoms with van der Waals surface area (Å²) in [5.74, 6) is 0.0423. The van der Waals surface area contributed by atoms with Crippen molar-refractivity contribution in [2.45, 2.75) is 18.5 Å². The first-order chi connectivity index (χ1) is 6.58. The van der Waals surface area contributed by atoms with Gasteiger partial charge in [0.1, 0.15) is 0 Å². The van der Waals surface area contributed by atoms with Crippen LogP contribution in [0.4, 0.5) is 5.95 Å². The normalized spacial score (nSPS) is 17.6. The molecule has 1 aromatic rings. The van der Waals surface area contributed by atoms with Crippen molar-refractivity contribution < 1.29 is 9.00 Å². The predicted molar refractivity (Wildman–Crippen MR) is 50.4 cm³/mol. The Balaban J connectivity index is 2.56. The van der Waals surface area contributed by atoms with Crippen molar-refractivity contribution in [2.24, 2.45) is 4.99 Å². The zero-order valence-electron chi connectivity index (χ0n) is 7.72. The molecule has 74 valence electrons. The zero-order valence-corrected chi connectivity index (χ0v) is 8.54. The lowest BCUT2D eigenvalue weighted by Crippen LogP contribution is -2.19. The zero-order chi connectivity index (χ0) is 10.3. The SMILES string of the molecule is CC1=Nc2nc(S(C)=O)nn2C(=O)C1. The molecule has 0 fully saturated rings. The molecule has 1 atom stereocenters. The lowest BCUT2D eigenvalue weighted by molar-refractivity contribution is 0.0904. The van der Waals surface area contributed by atoms with E-state index in [0.29, 0.717) is 5.71 Å². The third kappa shape index (κ3) is 1.39. The lowest BCUT2D eigenvalue weighted by Gasteiger charge is -2.06. The number of aromatic nitrogens is 3. The van der Waals surface area contributed by atoms with Crippen LogP contribution < -0.4 is 0 Å². The Morgan fingerprint density at radius 2 is 2.21 bits per heavy atom. The van der Waals surface area contributed by atoms with E-state index in [4.69, 9.17) is 0 Å². The summed E-state index contributed by atoms with van der Waals surface area (Å²) in [6.07, 6.45) is 1.70. The monoisotopic (exact) mass is 212 g/mol. The molecule has 14 heavy (non-hydrogen) atoms. The van der Waals surface area contributed by atoms with Crippen molar-refractivity contribution in [1.29, 1.82) is 0 Å². The quantitative estimate of drug-likeness (QED) is 0.664. The molecule has 1 unspecified atom stereocenters. The molecule has 0 saturated heterocycles. The molecule has 0 saturated carbocycles. The van der Waals surface area contributed by atoms with E-state index in [1.807, 2.05) is 0 Å². The highest BCUT2D eigenvalue weighted by molar-refractivity contribution is 7.84. The van der Waals surface area contributed by atoms with Gasteiger partial charge in [0.25, 0.3) is 11.9 Å². The van der Waals surface area contributed by atoms with Gasteiger partial charge in [0.15, 0.2) is 0 Å². The van der Waals surface area contributed by atoms with Gasteiger partial charge in [-0.25, -0.2) is 4.99 Å². The van der Waals surface area contributed by atoms with Crippen LogP contribution in [0.3, 0.4) is 0 Å². The summed E-state index contributed by atoms with van der Waals surface area (Å²) in [5, 5.41) is 3.96. The van der Waals surface area contributed by atoms with E-state index in [-0.39, 0.29) is 23.4 Å². The van der Waals surface area contributed by atoms with Crippen LogP contribution in [-0.2, 0) is 10.8 Å². The number of hydrogen-bond donors (Lipinski definition) is 0. The average molecular weight is 212 g/mol. The standard InChI is InChI=1S/C7H8N4O2S/c1-4-3-5(12)11-6(8-4)9-7(10-11)14(2)13/h3H2,1-2H3. The summed E-state index contributed by atoms with van der Waals surface area (Å²) in [6, 6.07) is 0. The van der Waals surface area contributed by atoms with Gasteiger partial charge in [0, 0.05) is 12.0 Å². The second-order valence-electron chi connectivity index (χ2n) is 2.98. The minimum absolute atomic E-state index is 0.145. The summed E-state index contributed by atoms with van der Waals surface area (Å²) >= 11 is 0. The van der Waals surface area contributed by atoms with E-state index in [1.54, 1.807) is 6.92 Å². The smallest absolute Gasteiger partial charge is 0.256 e. The van der Waals surface area contributed by atoms with Crippen LogP contribution in [0.2, 0.25) is 0 Å². The number of rotatable bonds is 1. The summed E-state index contributed by atoms with van der Waals surface area (Å²) < 4.78 is 12.2. The van der Waals surface area contributed by atoms with Gasteiger partial charge in [-0.1, -0.05) is 0 Å². The largest absolute Gasteiger partial charge is 0.272 e. The molecule has 0 amide bonds. The fourth-order valence-corrected chi connectivity index (χ4v) is 1.56. The Hall–Kier alpha value is -1.37. The van der Waals surface area contributed by atoms with Crippen LogP contribution in [0.15, 0.2) is 10.1 Å². The second-order valence-corrected chi connectivity index (χ2v) is 4.25. The molecule has 2 rings (SSSR count). The summed E-state index contributed by atoms with van der Waals surface area (Å²) in [5.41, 5.74) is 0.698. The van der Waals surface area contributed by atoms with E-state index in [1.165, 1.54) is 6.26 Å². The molecule has 0 bridgehead atoms. The van der Waals surface area contributed by atoms with Crippen LogP contribution in [0.5, 0.6) is 0 Å². The number of fused-ring (bicyclic) bond motifs is 1. The molecule has 1 aromatic heterocycles. The van der Waals surface area contributed by atoms with Crippen molar-refractivity contribution in [1.82, 2.24) is 14.8 Å². The Labute approximate surface area is 82.5 Å². The van der Waals surface area contributed by atoms with Crippen LogP contribution in [0.25, 0.3) is 0 Å². The molecule has 0 aliphatic carbocycles. The van der Waals surface area contributed by atoms with E-state index in [9.17, 15) is 9.00 Å². The number of carbonyl (C=O) groups is 1. The summed E-state index contributed by atoms with van der Waals surface area (Å²) in [4.78, 5) is 19.4. The molecule has 7 heteroatoms. The molecular formula is C7H8N4O2S. The number of aliphatic imine (C=N–C) groups is 1. The second kappa shape index (κ2) is 3.09. The molecular weight excluding hydrogens is 204 g/mol. The molecule has 0 spiro atoms. The van der Waals surface area contributed by atoms with Gasteiger partial charge in [-0.3, -0.25) is 9.00 Å². The van der Waals surface area contributed by atoms with Gasteiger partial charge in [0.05, 0.1) is 17.2 Å². The maximum Gasteiger partial charge on any atom is 0.256 e. The van der Waals surface area contributed by atoms with Crippen LogP contribution in [0, 0.1) is 0 Å². The summed E-state index contributed by atoms with van der Waals surface area (Å²) in [6.45, 7) is 1.75. The van der Waals surface area contributed by atoms with Gasteiger partial charge in [-0.15, -0.1) is 5.10 Å². The maximum absolute atomic E-state index is 11.4. The number of nitrogens with zero attached hydrogens (tertiary/aromatic N) is 4.